The molecular weight excluding hydrogens is 376 g/mol. The zero-order chi connectivity index (χ0) is 20.7. The molecule has 3 aromatic rings. The number of aromatic nitrogens is 1. The molecule has 0 spiro atoms. The second-order valence-corrected chi connectivity index (χ2v) is 8.90. The van der Waals surface area contributed by atoms with Gasteiger partial charge in [0.15, 0.2) is 0 Å². The Balaban J connectivity index is 1.41. The lowest BCUT2D eigenvalue weighted by Crippen LogP contribution is -2.34. The lowest BCUT2D eigenvalue weighted by Gasteiger charge is -2.29. The second kappa shape index (κ2) is 7.31. The van der Waals surface area contributed by atoms with Gasteiger partial charge >= 0.3 is 0 Å². The number of para-hydroxylation sites is 1. The SMILES string of the molecule is CC1(C)CCCC[C@@H]2OC(c3cccc(Oc4ccc5cccc(O)c5n4)c3)=N[C@H]21. The smallest absolute Gasteiger partial charge is 0.219 e. The monoisotopic (exact) mass is 402 g/mol. The number of benzene rings is 2. The van der Waals surface area contributed by atoms with Gasteiger partial charge in [-0.25, -0.2) is 9.98 Å². The minimum Gasteiger partial charge on any atom is -0.506 e. The highest BCUT2D eigenvalue weighted by atomic mass is 16.5. The van der Waals surface area contributed by atoms with Gasteiger partial charge in [-0.1, -0.05) is 38.5 Å². The van der Waals surface area contributed by atoms with Gasteiger partial charge in [0.05, 0.1) is 6.04 Å². The van der Waals surface area contributed by atoms with Crippen LogP contribution in [-0.4, -0.2) is 28.1 Å². The molecule has 1 saturated carbocycles. The third kappa shape index (κ3) is 3.49. The van der Waals surface area contributed by atoms with Crippen LogP contribution in [0.25, 0.3) is 10.9 Å². The van der Waals surface area contributed by atoms with E-state index in [4.69, 9.17) is 14.5 Å². The fourth-order valence-electron chi connectivity index (χ4n) is 4.54. The molecule has 30 heavy (non-hydrogen) atoms. The molecule has 2 atom stereocenters. The Morgan fingerprint density at radius 3 is 2.83 bits per heavy atom. The number of phenols is 1. The molecule has 0 amide bonds. The molecule has 5 heteroatoms. The fraction of sp³-hybridized carbons (Fsp3) is 0.360. The van der Waals surface area contributed by atoms with Gasteiger partial charge in [-0.05, 0) is 55.0 Å². The summed E-state index contributed by atoms with van der Waals surface area (Å²) in [5, 5.41) is 10.9. The van der Waals surface area contributed by atoms with Crippen LogP contribution >= 0.6 is 0 Å². The van der Waals surface area contributed by atoms with Crippen molar-refractivity contribution in [1.29, 1.82) is 0 Å². The molecule has 1 N–H and O–H groups in total. The highest BCUT2D eigenvalue weighted by molar-refractivity contribution is 5.96. The average Bonchev–Trinajstić information content (AvgIpc) is 3.12. The average molecular weight is 402 g/mol. The third-order valence-corrected chi connectivity index (χ3v) is 6.21. The van der Waals surface area contributed by atoms with Crippen LogP contribution < -0.4 is 4.74 Å². The first-order valence-electron chi connectivity index (χ1n) is 10.6. The highest BCUT2D eigenvalue weighted by Crippen LogP contribution is 2.41. The predicted octanol–water partition coefficient (Wildman–Crippen LogP) is 5.85. The van der Waals surface area contributed by atoms with Crippen molar-refractivity contribution in [3.05, 3.63) is 60.2 Å². The maximum atomic E-state index is 10.1. The summed E-state index contributed by atoms with van der Waals surface area (Å²) in [5.74, 6) is 1.94. The summed E-state index contributed by atoms with van der Waals surface area (Å²) in [6, 6.07) is 17.0. The lowest BCUT2D eigenvalue weighted by molar-refractivity contribution is 0.132. The van der Waals surface area contributed by atoms with Gasteiger partial charge in [0.1, 0.15) is 23.1 Å². The van der Waals surface area contributed by atoms with Crippen molar-refractivity contribution in [3.63, 3.8) is 0 Å². The van der Waals surface area contributed by atoms with Crippen molar-refractivity contribution < 1.29 is 14.6 Å². The molecule has 0 saturated heterocycles. The molecule has 1 fully saturated rings. The molecule has 5 rings (SSSR count). The van der Waals surface area contributed by atoms with Crippen molar-refractivity contribution in [1.82, 2.24) is 4.98 Å². The summed E-state index contributed by atoms with van der Waals surface area (Å²) in [6.45, 7) is 4.60. The Bertz CT molecular complexity index is 1120. The number of hydrogen-bond acceptors (Lipinski definition) is 5. The molecule has 0 bridgehead atoms. The van der Waals surface area contributed by atoms with E-state index in [-0.39, 0.29) is 23.3 Å². The summed E-state index contributed by atoms with van der Waals surface area (Å²) >= 11 is 0. The first-order chi connectivity index (χ1) is 14.5. The van der Waals surface area contributed by atoms with Crippen LogP contribution in [-0.2, 0) is 4.74 Å². The van der Waals surface area contributed by atoms with Crippen LogP contribution in [0.1, 0.15) is 45.1 Å². The van der Waals surface area contributed by atoms with E-state index in [1.165, 1.54) is 19.3 Å². The zero-order valence-electron chi connectivity index (χ0n) is 17.3. The predicted molar refractivity (Wildman–Crippen MR) is 117 cm³/mol. The normalized spacial score (nSPS) is 22.7. The van der Waals surface area contributed by atoms with Gasteiger partial charge in [-0.3, -0.25) is 0 Å². The van der Waals surface area contributed by atoms with Gasteiger partial charge in [-0.2, -0.15) is 0 Å². The number of nitrogens with zero attached hydrogens (tertiary/aromatic N) is 2. The molecule has 1 aromatic heterocycles. The van der Waals surface area contributed by atoms with E-state index in [9.17, 15) is 5.11 Å². The van der Waals surface area contributed by atoms with Crippen LogP contribution in [0, 0.1) is 5.41 Å². The zero-order valence-corrected chi connectivity index (χ0v) is 17.3. The van der Waals surface area contributed by atoms with Crippen LogP contribution in [0.2, 0.25) is 0 Å². The van der Waals surface area contributed by atoms with Gasteiger partial charge in [0.2, 0.25) is 11.8 Å². The number of rotatable bonds is 3. The third-order valence-electron chi connectivity index (χ3n) is 6.21. The quantitative estimate of drug-likeness (QED) is 0.597. The van der Waals surface area contributed by atoms with E-state index in [1.54, 1.807) is 18.2 Å². The highest BCUT2D eigenvalue weighted by Gasteiger charge is 2.43. The Hall–Kier alpha value is -3.08. The molecule has 2 aromatic carbocycles. The first kappa shape index (κ1) is 18.9. The van der Waals surface area contributed by atoms with E-state index in [1.807, 2.05) is 36.4 Å². The Morgan fingerprint density at radius 2 is 1.93 bits per heavy atom. The van der Waals surface area contributed by atoms with Gasteiger partial charge < -0.3 is 14.6 Å². The maximum Gasteiger partial charge on any atom is 0.219 e. The Labute approximate surface area is 176 Å². The summed E-state index contributed by atoms with van der Waals surface area (Å²) in [7, 11) is 0. The summed E-state index contributed by atoms with van der Waals surface area (Å²) in [4.78, 5) is 9.44. The maximum absolute atomic E-state index is 10.1. The number of aliphatic imine (C=N–C) groups is 1. The fourth-order valence-corrected chi connectivity index (χ4v) is 4.54. The minimum atomic E-state index is 0.140. The Kier molecular flexibility index (Phi) is 4.61. The van der Waals surface area contributed by atoms with E-state index < -0.39 is 0 Å². The van der Waals surface area contributed by atoms with Gasteiger partial charge in [-0.15, -0.1) is 0 Å². The number of fused-ring (bicyclic) bond motifs is 2. The van der Waals surface area contributed by atoms with Crippen molar-refractivity contribution in [2.24, 2.45) is 10.4 Å². The largest absolute Gasteiger partial charge is 0.506 e. The Morgan fingerprint density at radius 1 is 1.07 bits per heavy atom. The van der Waals surface area contributed by atoms with Gasteiger partial charge in [0, 0.05) is 17.0 Å². The molecule has 2 aliphatic rings. The molecule has 0 unspecified atom stereocenters. The number of aromatic hydroxyl groups is 1. The minimum absolute atomic E-state index is 0.140. The van der Waals surface area contributed by atoms with Crippen molar-refractivity contribution in [2.75, 3.05) is 0 Å². The summed E-state index contributed by atoms with van der Waals surface area (Å²) in [5.41, 5.74) is 1.59. The van der Waals surface area contributed by atoms with Crippen LogP contribution in [0.3, 0.4) is 0 Å². The lowest BCUT2D eigenvalue weighted by atomic mass is 9.80. The summed E-state index contributed by atoms with van der Waals surface area (Å²) in [6.07, 6.45) is 4.83. The van der Waals surface area contributed by atoms with E-state index >= 15 is 0 Å². The van der Waals surface area contributed by atoms with Crippen molar-refractivity contribution in [3.8, 4) is 17.4 Å². The van der Waals surface area contributed by atoms with E-state index in [0.717, 1.165) is 17.4 Å². The van der Waals surface area contributed by atoms with E-state index in [0.29, 0.717) is 23.0 Å². The number of phenolic OH excluding ortho intramolecular Hbond substituents is 1. The molecule has 2 heterocycles. The molecular formula is C25H26N2O3. The second-order valence-electron chi connectivity index (χ2n) is 8.90. The molecule has 0 radical (unpaired) electrons. The molecule has 5 nitrogen and oxygen atoms in total. The number of pyridine rings is 1. The van der Waals surface area contributed by atoms with Crippen molar-refractivity contribution in [2.45, 2.75) is 51.7 Å². The van der Waals surface area contributed by atoms with Crippen LogP contribution in [0.15, 0.2) is 59.6 Å². The number of hydrogen-bond donors (Lipinski definition) is 1. The number of ether oxygens (including phenoxy) is 2. The molecule has 1 aliphatic heterocycles. The summed E-state index contributed by atoms with van der Waals surface area (Å²) < 4.78 is 12.3. The van der Waals surface area contributed by atoms with Gasteiger partial charge in [0.25, 0.3) is 0 Å². The topological polar surface area (TPSA) is 63.9 Å². The standard InChI is InChI=1S/C25H26N2O3/c1-25(2)14-4-3-11-20-23(25)27-24(30-20)17-8-5-9-18(15-17)29-21-13-12-16-7-6-10-19(28)22(16)26-21/h5-10,12-13,15,20,23,28H,3-4,11,14H2,1-2H3/t20-,23+/m0/s1. The first-order valence-corrected chi connectivity index (χ1v) is 10.6. The van der Waals surface area contributed by atoms with Crippen LogP contribution in [0.5, 0.6) is 17.4 Å². The van der Waals surface area contributed by atoms with Crippen molar-refractivity contribution >= 4 is 16.8 Å². The molecule has 154 valence electrons. The molecule has 1 aliphatic carbocycles. The van der Waals surface area contributed by atoms with Crippen LogP contribution in [0.4, 0.5) is 0 Å². The van der Waals surface area contributed by atoms with E-state index in [2.05, 4.69) is 18.8 Å².